The lowest BCUT2D eigenvalue weighted by molar-refractivity contribution is -0.125. The molecule has 166 valence electrons. The topological polar surface area (TPSA) is 83.9 Å². The molecule has 0 spiro atoms. The van der Waals surface area contributed by atoms with Crippen LogP contribution in [0.25, 0.3) is 0 Å². The summed E-state index contributed by atoms with van der Waals surface area (Å²) in [5.74, 6) is -1.76. The van der Waals surface area contributed by atoms with Crippen molar-refractivity contribution in [3.05, 3.63) is 64.2 Å². The maximum atomic E-state index is 13.0. The second-order valence-electron chi connectivity index (χ2n) is 7.73. The van der Waals surface area contributed by atoms with Crippen LogP contribution < -0.4 is 0 Å². The molecule has 0 radical (unpaired) electrons. The number of ketones is 1. The number of hydrogen-bond acceptors (Lipinski definition) is 5. The molecule has 0 aliphatic heterocycles. The van der Waals surface area contributed by atoms with E-state index in [2.05, 4.69) is 5.10 Å². The minimum Gasteiger partial charge on any atom is -0.283 e. The van der Waals surface area contributed by atoms with Crippen molar-refractivity contribution in [1.82, 2.24) is 5.01 Å². The van der Waals surface area contributed by atoms with Gasteiger partial charge >= 0.3 is 5.91 Å². The van der Waals surface area contributed by atoms with Crippen LogP contribution in [0.2, 0.25) is 0 Å². The number of nitrogens with zero attached hydrogens (tertiary/aromatic N) is 2. The molecule has 0 aliphatic rings. The quantitative estimate of drug-likeness (QED) is 0.268. The first-order valence-corrected chi connectivity index (χ1v) is 11.9. The van der Waals surface area contributed by atoms with Gasteiger partial charge in [0.05, 0.1) is 16.4 Å². The minimum atomic E-state index is -3.60. The van der Waals surface area contributed by atoms with Crippen molar-refractivity contribution in [2.45, 2.75) is 52.4 Å². The van der Waals surface area contributed by atoms with E-state index in [1.165, 1.54) is 14.0 Å². The standard InChI is InChI=1S/C24H30N2O4S/c1-7-19-13-17(4)14-20(8-2)22(19)23(27)24(28)26(6)25-18(5)15-31(29,30)21-11-9-16(3)10-12-21/h9-14H,7-8,15H2,1-6H3/b25-18+. The number of likely N-dealkylation sites (N-methyl/N-ethyl adjacent to an activating group) is 1. The molecule has 31 heavy (non-hydrogen) atoms. The van der Waals surface area contributed by atoms with Crippen LogP contribution in [-0.2, 0) is 27.5 Å². The molecule has 0 bridgehead atoms. The first-order chi connectivity index (χ1) is 14.5. The van der Waals surface area contributed by atoms with E-state index in [0.29, 0.717) is 18.4 Å². The van der Waals surface area contributed by atoms with Crippen LogP contribution >= 0.6 is 0 Å². The molecule has 2 aromatic rings. The predicted octanol–water partition coefficient (Wildman–Crippen LogP) is 3.92. The molecule has 0 fully saturated rings. The molecule has 0 aliphatic carbocycles. The van der Waals surface area contributed by atoms with Gasteiger partial charge in [-0.05, 0) is 56.9 Å². The molecule has 0 aromatic heterocycles. The smallest absolute Gasteiger partial charge is 0.283 e. The SMILES string of the molecule is CCc1cc(C)cc(CC)c1C(=O)C(=O)N(C)/N=C(\C)CS(=O)(=O)c1ccc(C)cc1. The molecule has 0 atom stereocenters. The number of benzene rings is 2. The first kappa shape index (κ1) is 24.5. The summed E-state index contributed by atoms with van der Waals surface area (Å²) in [6, 6.07) is 10.4. The van der Waals surface area contributed by atoms with Crippen LogP contribution in [0.4, 0.5) is 0 Å². The second-order valence-corrected chi connectivity index (χ2v) is 9.72. The summed E-state index contributed by atoms with van der Waals surface area (Å²) in [5, 5.41) is 5.01. The fraction of sp³-hybridized carbons (Fsp3) is 0.375. The number of aryl methyl sites for hydroxylation is 4. The van der Waals surface area contributed by atoms with E-state index in [1.54, 1.807) is 24.3 Å². The van der Waals surface area contributed by atoms with Crippen molar-refractivity contribution in [2.24, 2.45) is 5.10 Å². The summed E-state index contributed by atoms with van der Waals surface area (Å²) in [6.45, 7) is 9.25. The molecular formula is C24H30N2O4S. The Hall–Kier alpha value is -2.80. The third-order valence-corrected chi connectivity index (χ3v) is 6.81. The average Bonchev–Trinajstić information content (AvgIpc) is 2.71. The van der Waals surface area contributed by atoms with Gasteiger partial charge in [-0.1, -0.05) is 49.2 Å². The lowest BCUT2D eigenvalue weighted by Crippen LogP contribution is -2.32. The Balaban J connectivity index is 2.26. The molecule has 0 saturated heterocycles. The van der Waals surface area contributed by atoms with Crippen molar-refractivity contribution < 1.29 is 18.0 Å². The highest BCUT2D eigenvalue weighted by Crippen LogP contribution is 2.21. The maximum absolute atomic E-state index is 13.0. The van der Waals surface area contributed by atoms with E-state index in [4.69, 9.17) is 0 Å². The van der Waals surface area contributed by atoms with Gasteiger partial charge in [0, 0.05) is 12.6 Å². The van der Waals surface area contributed by atoms with Crippen LogP contribution in [0.5, 0.6) is 0 Å². The lowest BCUT2D eigenvalue weighted by atomic mass is 9.92. The molecular weight excluding hydrogens is 412 g/mol. The molecule has 0 N–H and O–H groups in total. The van der Waals surface area contributed by atoms with Gasteiger partial charge in [0.2, 0.25) is 0 Å². The zero-order valence-corrected chi connectivity index (χ0v) is 19.8. The predicted molar refractivity (Wildman–Crippen MR) is 123 cm³/mol. The number of hydrazone groups is 1. The fourth-order valence-electron chi connectivity index (χ4n) is 3.48. The zero-order valence-electron chi connectivity index (χ0n) is 19.0. The van der Waals surface area contributed by atoms with Crippen LogP contribution in [0, 0.1) is 13.8 Å². The van der Waals surface area contributed by atoms with E-state index >= 15 is 0 Å². The summed E-state index contributed by atoms with van der Waals surface area (Å²) in [4.78, 5) is 26.0. The summed E-state index contributed by atoms with van der Waals surface area (Å²) in [6.07, 6.45) is 1.26. The van der Waals surface area contributed by atoms with Crippen molar-refractivity contribution in [2.75, 3.05) is 12.8 Å². The molecule has 0 unspecified atom stereocenters. The molecule has 1 amide bonds. The van der Waals surface area contributed by atoms with Crippen LogP contribution in [-0.4, -0.2) is 43.6 Å². The zero-order chi connectivity index (χ0) is 23.3. The van der Waals surface area contributed by atoms with E-state index in [1.807, 2.05) is 39.8 Å². The Bertz CT molecular complexity index is 1090. The Morgan fingerprint density at radius 3 is 1.94 bits per heavy atom. The van der Waals surface area contributed by atoms with Crippen molar-refractivity contribution >= 4 is 27.2 Å². The van der Waals surface area contributed by atoms with Crippen molar-refractivity contribution in [3.8, 4) is 0 Å². The summed E-state index contributed by atoms with van der Waals surface area (Å²) < 4.78 is 25.2. The van der Waals surface area contributed by atoms with Crippen LogP contribution in [0.15, 0.2) is 46.4 Å². The third-order valence-electron chi connectivity index (χ3n) is 5.02. The van der Waals surface area contributed by atoms with E-state index in [-0.39, 0.29) is 16.4 Å². The van der Waals surface area contributed by atoms with E-state index < -0.39 is 21.5 Å². The fourth-order valence-corrected chi connectivity index (χ4v) is 4.80. The van der Waals surface area contributed by atoms with Gasteiger partial charge in [0.15, 0.2) is 9.84 Å². The number of Topliss-reactive ketones (excluding diaryl/α,β-unsaturated/α-hetero) is 1. The van der Waals surface area contributed by atoms with Crippen molar-refractivity contribution in [3.63, 3.8) is 0 Å². The Morgan fingerprint density at radius 2 is 1.45 bits per heavy atom. The number of carbonyl (C=O) groups excluding carboxylic acids is 2. The van der Waals surface area contributed by atoms with E-state index in [9.17, 15) is 18.0 Å². The molecule has 0 saturated carbocycles. The number of hydrogen-bond donors (Lipinski definition) is 0. The first-order valence-electron chi connectivity index (χ1n) is 10.3. The van der Waals surface area contributed by atoms with Gasteiger partial charge in [0.1, 0.15) is 0 Å². The number of sulfone groups is 1. The average molecular weight is 443 g/mol. The van der Waals surface area contributed by atoms with Gasteiger partial charge in [0.25, 0.3) is 5.78 Å². The minimum absolute atomic E-state index is 0.192. The lowest BCUT2D eigenvalue weighted by Gasteiger charge is -2.16. The highest BCUT2D eigenvalue weighted by Gasteiger charge is 2.26. The van der Waals surface area contributed by atoms with Crippen molar-refractivity contribution in [1.29, 1.82) is 0 Å². The summed E-state index contributed by atoms with van der Waals surface area (Å²) in [7, 11) is -2.23. The highest BCUT2D eigenvalue weighted by atomic mass is 32.2. The normalized spacial score (nSPS) is 12.0. The number of rotatable bonds is 8. The van der Waals surface area contributed by atoms with Gasteiger partial charge in [-0.25, -0.2) is 13.4 Å². The Kier molecular flexibility index (Phi) is 7.90. The Morgan fingerprint density at radius 1 is 0.935 bits per heavy atom. The second kappa shape index (κ2) is 10.0. The summed E-state index contributed by atoms with van der Waals surface area (Å²) in [5.41, 5.74) is 4.30. The molecule has 6 nitrogen and oxygen atoms in total. The van der Waals surface area contributed by atoms with Crippen LogP contribution in [0.1, 0.15) is 53.4 Å². The molecule has 0 heterocycles. The van der Waals surface area contributed by atoms with Gasteiger partial charge < -0.3 is 0 Å². The number of amides is 1. The highest BCUT2D eigenvalue weighted by molar-refractivity contribution is 7.92. The maximum Gasteiger partial charge on any atom is 0.314 e. The Labute approximate surface area is 184 Å². The largest absolute Gasteiger partial charge is 0.314 e. The summed E-state index contributed by atoms with van der Waals surface area (Å²) >= 11 is 0. The van der Waals surface area contributed by atoms with Gasteiger partial charge in [-0.15, -0.1) is 0 Å². The molecule has 2 rings (SSSR count). The third kappa shape index (κ3) is 5.88. The molecule has 7 heteroatoms. The van der Waals surface area contributed by atoms with Crippen LogP contribution in [0.3, 0.4) is 0 Å². The number of carbonyl (C=O) groups is 2. The van der Waals surface area contributed by atoms with Gasteiger partial charge in [-0.3, -0.25) is 9.59 Å². The molecule has 2 aromatic carbocycles. The van der Waals surface area contributed by atoms with Gasteiger partial charge in [-0.2, -0.15) is 5.10 Å². The monoisotopic (exact) mass is 442 g/mol. The van der Waals surface area contributed by atoms with E-state index in [0.717, 1.165) is 27.3 Å².